The molecule has 0 radical (unpaired) electrons. The fourth-order valence-corrected chi connectivity index (χ4v) is 1.97. The summed E-state index contributed by atoms with van der Waals surface area (Å²) in [5.41, 5.74) is 6.92. The van der Waals surface area contributed by atoms with E-state index in [-0.39, 0.29) is 17.4 Å². The average molecular weight is 277 g/mol. The molecule has 0 spiro atoms. The second kappa shape index (κ2) is 6.86. The van der Waals surface area contributed by atoms with Gasteiger partial charge >= 0.3 is 0 Å². The molecule has 0 aliphatic heterocycles. The van der Waals surface area contributed by atoms with E-state index in [1.54, 1.807) is 0 Å². The van der Waals surface area contributed by atoms with Crippen LogP contribution in [0, 0.1) is 5.41 Å². The SMILES string of the molecule is CN(C)C(CNC(=O)C(N)C(C)(C)C)c1ccccc1. The summed E-state index contributed by atoms with van der Waals surface area (Å²) in [5, 5.41) is 2.96. The van der Waals surface area contributed by atoms with Gasteiger partial charge in [-0.25, -0.2) is 0 Å². The van der Waals surface area contributed by atoms with Crippen molar-refractivity contribution in [2.45, 2.75) is 32.9 Å². The van der Waals surface area contributed by atoms with Gasteiger partial charge in [0.2, 0.25) is 5.91 Å². The topological polar surface area (TPSA) is 58.4 Å². The maximum atomic E-state index is 12.1. The average Bonchev–Trinajstić information content (AvgIpc) is 2.37. The molecule has 1 rings (SSSR count). The maximum absolute atomic E-state index is 12.1. The van der Waals surface area contributed by atoms with E-state index in [4.69, 9.17) is 5.73 Å². The number of carbonyl (C=O) groups is 1. The number of carbonyl (C=O) groups excluding carboxylic acids is 1. The second-order valence-corrected chi connectivity index (χ2v) is 6.48. The molecule has 3 N–H and O–H groups in total. The quantitative estimate of drug-likeness (QED) is 0.862. The minimum Gasteiger partial charge on any atom is -0.353 e. The third-order valence-corrected chi connectivity index (χ3v) is 3.49. The van der Waals surface area contributed by atoms with E-state index in [0.717, 1.165) is 0 Å². The highest BCUT2D eigenvalue weighted by atomic mass is 16.2. The van der Waals surface area contributed by atoms with Crippen molar-refractivity contribution < 1.29 is 4.79 Å². The predicted octanol–water partition coefficient (Wildman–Crippen LogP) is 1.78. The highest BCUT2D eigenvalue weighted by molar-refractivity contribution is 5.82. The van der Waals surface area contributed by atoms with Crippen LogP contribution in [0.4, 0.5) is 0 Å². The molecule has 0 aromatic heterocycles. The lowest BCUT2D eigenvalue weighted by atomic mass is 9.87. The number of nitrogens with zero attached hydrogens (tertiary/aromatic N) is 1. The van der Waals surface area contributed by atoms with Gasteiger partial charge in [0.1, 0.15) is 0 Å². The molecule has 112 valence electrons. The van der Waals surface area contributed by atoms with E-state index in [1.165, 1.54) is 5.56 Å². The number of nitrogens with two attached hydrogens (primary N) is 1. The number of hydrogen-bond donors (Lipinski definition) is 2. The molecular formula is C16H27N3O. The summed E-state index contributed by atoms with van der Waals surface area (Å²) in [6.45, 7) is 6.47. The first-order chi connectivity index (χ1) is 9.23. The smallest absolute Gasteiger partial charge is 0.237 e. The zero-order chi connectivity index (χ0) is 15.3. The number of rotatable bonds is 5. The summed E-state index contributed by atoms with van der Waals surface area (Å²) >= 11 is 0. The Balaban J connectivity index is 2.68. The standard InChI is InChI=1S/C16H27N3O/c1-16(2,3)14(17)15(20)18-11-13(19(4)5)12-9-7-6-8-10-12/h6-10,13-14H,11,17H2,1-5H3,(H,18,20). The third kappa shape index (κ3) is 4.62. The summed E-state index contributed by atoms with van der Waals surface area (Å²) in [7, 11) is 4.01. The van der Waals surface area contributed by atoms with Crippen molar-refractivity contribution in [3.63, 3.8) is 0 Å². The summed E-state index contributed by atoms with van der Waals surface area (Å²) in [4.78, 5) is 14.2. The number of nitrogens with one attached hydrogen (secondary N) is 1. The van der Waals surface area contributed by atoms with E-state index in [0.29, 0.717) is 6.54 Å². The molecule has 1 aromatic rings. The first-order valence-electron chi connectivity index (χ1n) is 6.98. The van der Waals surface area contributed by atoms with Crippen molar-refractivity contribution in [2.75, 3.05) is 20.6 Å². The van der Waals surface area contributed by atoms with Crippen LogP contribution in [-0.2, 0) is 4.79 Å². The van der Waals surface area contributed by atoms with Gasteiger partial charge in [-0.15, -0.1) is 0 Å². The predicted molar refractivity (Wildman–Crippen MR) is 83.3 cm³/mol. The number of amides is 1. The Labute approximate surface area is 122 Å². The fraction of sp³-hybridized carbons (Fsp3) is 0.562. The lowest BCUT2D eigenvalue weighted by Gasteiger charge is -2.29. The summed E-state index contributed by atoms with van der Waals surface area (Å²) < 4.78 is 0. The number of likely N-dealkylation sites (N-methyl/N-ethyl adjacent to an activating group) is 1. The third-order valence-electron chi connectivity index (χ3n) is 3.49. The minimum atomic E-state index is -0.499. The molecule has 4 heteroatoms. The van der Waals surface area contributed by atoms with E-state index < -0.39 is 6.04 Å². The van der Waals surface area contributed by atoms with Crippen LogP contribution in [0.2, 0.25) is 0 Å². The van der Waals surface area contributed by atoms with Gasteiger partial charge in [0.25, 0.3) is 0 Å². The van der Waals surface area contributed by atoms with Crippen LogP contribution < -0.4 is 11.1 Å². The van der Waals surface area contributed by atoms with Crippen LogP contribution in [0.5, 0.6) is 0 Å². The molecule has 1 aromatic carbocycles. The molecule has 0 aliphatic carbocycles. The Morgan fingerprint density at radius 1 is 1.25 bits per heavy atom. The van der Waals surface area contributed by atoms with Gasteiger partial charge < -0.3 is 16.0 Å². The highest BCUT2D eigenvalue weighted by Crippen LogP contribution is 2.19. The fourth-order valence-electron chi connectivity index (χ4n) is 1.97. The van der Waals surface area contributed by atoms with Gasteiger partial charge in [-0.1, -0.05) is 51.1 Å². The zero-order valence-corrected chi connectivity index (χ0v) is 13.2. The molecule has 0 bridgehead atoms. The molecular weight excluding hydrogens is 250 g/mol. The van der Waals surface area contributed by atoms with Gasteiger partial charge in [0.15, 0.2) is 0 Å². The van der Waals surface area contributed by atoms with Crippen LogP contribution in [0.3, 0.4) is 0 Å². The van der Waals surface area contributed by atoms with Gasteiger partial charge in [-0.05, 0) is 25.1 Å². The van der Waals surface area contributed by atoms with Crippen molar-refractivity contribution in [1.82, 2.24) is 10.2 Å². The summed E-state index contributed by atoms with van der Waals surface area (Å²) in [6, 6.07) is 9.79. The first kappa shape index (κ1) is 16.7. The second-order valence-electron chi connectivity index (χ2n) is 6.48. The molecule has 4 nitrogen and oxygen atoms in total. The lowest BCUT2D eigenvalue weighted by Crippen LogP contribution is -2.50. The van der Waals surface area contributed by atoms with Crippen molar-refractivity contribution in [2.24, 2.45) is 11.1 Å². The largest absolute Gasteiger partial charge is 0.353 e. The van der Waals surface area contributed by atoms with Crippen LogP contribution in [0.1, 0.15) is 32.4 Å². The Kier molecular flexibility index (Phi) is 5.72. The normalized spacial score (nSPS) is 14.9. The van der Waals surface area contributed by atoms with E-state index in [2.05, 4.69) is 22.3 Å². The van der Waals surface area contributed by atoms with Gasteiger partial charge in [-0.2, -0.15) is 0 Å². The molecule has 0 heterocycles. The summed E-state index contributed by atoms with van der Waals surface area (Å²) in [6.07, 6.45) is 0. The summed E-state index contributed by atoms with van der Waals surface area (Å²) in [5.74, 6) is -0.0970. The minimum absolute atomic E-state index is 0.0970. The molecule has 0 fully saturated rings. The first-order valence-corrected chi connectivity index (χ1v) is 6.98. The Morgan fingerprint density at radius 3 is 2.25 bits per heavy atom. The lowest BCUT2D eigenvalue weighted by molar-refractivity contribution is -0.124. The molecule has 2 atom stereocenters. The zero-order valence-electron chi connectivity index (χ0n) is 13.2. The van der Waals surface area contributed by atoms with Crippen LogP contribution in [0.15, 0.2) is 30.3 Å². The van der Waals surface area contributed by atoms with E-state index in [9.17, 15) is 4.79 Å². The molecule has 1 amide bonds. The Morgan fingerprint density at radius 2 is 1.80 bits per heavy atom. The van der Waals surface area contributed by atoms with Crippen molar-refractivity contribution in [1.29, 1.82) is 0 Å². The van der Waals surface area contributed by atoms with Crippen molar-refractivity contribution in [3.8, 4) is 0 Å². The number of hydrogen-bond acceptors (Lipinski definition) is 3. The molecule has 0 aliphatic rings. The van der Waals surface area contributed by atoms with Crippen LogP contribution in [0.25, 0.3) is 0 Å². The highest BCUT2D eigenvalue weighted by Gasteiger charge is 2.28. The van der Waals surface area contributed by atoms with Crippen LogP contribution >= 0.6 is 0 Å². The van der Waals surface area contributed by atoms with Crippen molar-refractivity contribution in [3.05, 3.63) is 35.9 Å². The van der Waals surface area contributed by atoms with E-state index in [1.807, 2.05) is 53.1 Å². The van der Waals surface area contributed by atoms with Crippen LogP contribution in [-0.4, -0.2) is 37.5 Å². The van der Waals surface area contributed by atoms with E-state index >= 15 is 0 Å². The van der Waals surface area contributed by atoms with Gasteiger partial charge in [0.05, 0.1) is 12.1 Å². The number of benzene rings is 1. The monoisotopic (exact) mass is 277 g/mol. The molecule has 2 unspecified atom stereocenters. The van der Waals surface area contributed by atoms with Crippen molar-refractivity contribution >= 4 is 5.91 Å². The Bertz CT molecular complexity index is 423. The molecule has 0 saturated carbocycles. The molecule has 20 heavy (non-hydrogen) atoms. The van der Waals surface area contributed by atoms with Gasteiger partial charge in [0, 0.05) is 6.54 Å². The molecule has 0 saturated heterocycles. The Hall–Kier alpha value is -1.39. The van der Waals surface area contributed by atoms with Gasteiger partial charge in [-0.3, -0.25) is 4.79 Å². The maximum Gasteiger partial charge on any atom is 0.237 e.